The number of aromatic nitrogens is 3. The van der Waals surface area contributed by atoms with Gasteiger partial charge < -0.3 is 19.4 Å². The molecule has 0 fully saturated rings. The van der Waals surface area contributed by atoms with Crippen LogP contribution in [0.3, 0.4) is 0 Å². The normalized spacial score (nSPS) is 13.7. The van der Waals surface area contributed by atoms with Crippen molar-refractivity contribution >= 4 is 5.82 Å². The molecule has 0 aromatic carbocycles. The third kappa shape index (κ3) is 3.24. The molecule has 0 aliphatic heterocycles. The van der Waals surface area contributed by atoms with Gasteiger partial charge in [0.15, 0.2) is 5.82 Å². The standard InChI is InChI=1S/C16H18N4O3/c1-10-6-7-13(22-10)16(3,21)9-18-14-12(5-4-8-17-14)15-19-11(2)20-23-15/h4-8,21H,9H2,1-3H3,(H,17,18). The summed E-state index contributed by atoms with van der Waals surface area (Å²) in [6.45, 7) is 5.48. The van der Waals surface area contributed by atoms with Crippen LogP contribution in [0.5, 0.6) is 0 Å². The van der Waals surface area contributed by atoms with Crippen LogP contribution in [-0.2, 0) is 5.60 Å². The molecule has 0 bridgehead atoms. The fourth-order valence-electron chi connectivity index (χ4n) is 2.19. The van der Waals surface area contributed by atoms with Crippen molar-refractivity contribution in [1.82, 2.24) is 15.1 Å². The molecule has 120 valence electrons. The average molecular weight is 314 g/mol. The van der Waals surface area contributed by atoms with Gasteiger partial charge in [0.05, 0.1) is 12.1 Å². The maximum absolute atomic E-state index is 10.6. The molecule has 0 saturated heterocycles. The summed E-state index contributed by atoms with van der Waals surface area (Å²) in [5.74, 6) is 2.73. The van der Waals surface area contributed by atoms with Gasteiger partial charge in [-0.1, -0.05) is 5.16 Å². The van der Waals surface area contributed by atoms with Crippen LogP contribution in [0.15, 0.2) is 39.4 Å². The van der Waals surface area contributed by atoms with E-state index in [-0.39, 0.29) is 6.54 Å². The monoisotopic (exact) mass is 314 g/mol. The third-order valence-electron chi connectivity index (χ3n) is 3.44. The Morgan fingerprint density at radius 3 is 2.74 bits per heavy atom. The summed E-state index contributed by atoms with van der Waals surface area (Å²) in [5.41, 5.74) is -0.493. The molecule has 0 aliphatic rings. The van der Waals surface area contributed by atoms with Crippen LogP contribution in [0.25, 0.3) is 11.5 Å². The SMILES string of the molecule is Cc1noc(-c2cccnc2NCC(C)(O)c2ccc(C)o2)n1. The molecule has 0 aliphatic carbocycles. The third-order valence-corrected chi connectivity index (χ3v) is 3.44. The van der Waals surface area contributed by atoms with Gasteiger partial charge in [-0.25, -0.2) is 4.98 Å². The number of aliphatic hydroxyl groups is 1. The number of pyridine rings is 1. The van der Waals surface area contributed by atoms with Crippen LogP contribution in [0.2, 0.25) is 0 Å². The molecule has 0 radical (unpaired) electrons. The largest absolute Gasteiger partial charge is 0.463 e. The number of aryl methyl sites for hydroxylation is 2. The van der Waals surface area contributed by atoms with E-state index in [0.717, 1.165) is 5.76 Å². The lowest BCUT2D eigenvalue weighted by molar-refractivity contribution is 0.0467. The molecule has 23 heavy (non-hydrogen) atoms. The molecule has 3 heterocycles. The topological polar surface area (TPSA) is 97.2 Å². The molecule has 7 nitrogen and oxygen atoms in total. The Kier molecular flexibility index (Phi) is 3.87. The molecule has 0 amide bonds. The summed E-state index contributed by atoms with van der Waals surface area (Å²) in [5, 5.41) is 17.5. The highest BCUT2D eigenvalue weighted by atomic mass is 16.5. The van der Waals surface area contributed by atoms with Gasteiger partial charge >= 0.3 is 0 Å². The van der Waals surface area contributed by atoms with Crippen molar-refractivity contribution in [2.75, 3.05) is 11.9 Å². The van der Waals surface area contributed by atoms with E-state index in [9.17, 15) is 5.11 Å². The Morgan fingerprint density at radius 1 is 1.26 bits per heavy atom. The second kappa shape index (κ2) is 5.85. The summed E-state index contributed by atoms with van der Waals surface area (Å²) >= 11 is 0. The molecule has 1 atom stereocenters. The van der Waals surface area contributed by atoms with Crippen molar-refractivity contribution in [1.29, 1.82) is 0 Å². The summed E-state index contributed by atoms with van der Waals surface area (Å²) in [4.78, 5) is 8.49. The van der Waals surface area contributed by atoms with Gasteiger partial charge in [-0.2, -0.15) is 4.98 Å². The number of hydrogen-bond donors (Lipinski definition) is 2. The first kappa shape index (κ1) is 15.2. The molecule has 0 spiro atoms. The van der Waals surface area contributed by atoms with Crippen molar-refractivity contribution in [2.24, 2.45) is 0 Å². The predicted molar refractivity (Wildman–Crippen MR) is 83.8 cm³/mol. The van der Waals surface area contributed by atoms with Crippen molar-refractivity contribution in [3.63, 3.8) is 0 Å². The van der Waals surface area contributed by atoms with Crippen LogP contribution in [0, 0.1) is 13.8 Å². The molecule has 0 saturated carbocycles. The molecule has 1 unspecified atom stereocenters. The summed E-state index contributed by atoms with van der Waals surface area (Å²) in [6, 6.07) is 7.19. The Labute approximate surface area is 133 Å². The molecule has 3 rings (SSSR count). The van der Waals surface area contributed by atoms with Crippen LogP contribution in [-0.4, -0.2) is 26.8 Å². The highest BCUT2D eigenvalue weighted by Crippen LogP contribution is 2.27. The van der Waals surface area contributed by atoms with E-state index in [1.165, 1.54) is 0 Å². The lowest BCUT2D eigenvalue weighted by Gasteiger charge is -2.22. The number of hydrogen-bond acceptors (Lipinski definition) is 7. The van der Waals surface area contributed by atoms with Crippen molar-refractivity contribution in [2.45, 2.75) is 26.4 Å². The van der Waals surface area contributed by atoms with Crippen LogP contribution in [0.4, 0.5) is 5.82 Å². The van der Waals surface area contributed by atoms with Gasteiger partial charge in [-0.3, -0.25) is 0 Å². The van der Waals surface area contributed by atoms with Gasteiger partial charge in [0.2, 0.25) is 0 Å². The van der Waals surface area contributed by atoms with Gasteiger partial charge in [0.25, 0.3) is 5.89 Å². The van der Waals surface area contributed by atoms with E-state index in [0.29, 0.717) is 28.9 Å². The van der Waals surface area contributed by atoms with Crippen molar-refractivity contribution in [3.05, 3.63) is 47.8 Å². The summed E-state index contributed by atoms with van der Waals surface area (Å²) in [7, 11) is 0. The number of nitrogens with one attached hydrogen (secondary N) is 1. The number of furan rings is 1. The zero-order valence-electron chi connectivity index (χ0n) is 13.2. The van der Waals surface area contributed by atoms with Crippen LogP contribution in [0.1, 0.15) is 24.3 Å². The van der Waals surface area contributed by atoms with Crippen LogP contribution >= 0.6 is 0 Å². The van der Waals surface area contributed by atoms with E-state index in [1.807, 2.05) is 19.1 Å². The van der Waals surface area contributed by atoms with Crippen LogP contribution < -0.4 is 5.32 Å². The van der Waals surface area contributed by atoms with Gasteiger partial charge in [0, 0.05) is 6.20 Å². The number of rotatable bonds is 5. The fourth-order valence-corrected chi connectivity index (χ4v) is 2.19. The van der Waals surface area contributed by atoms with Gasteiger partial charge in [-0.05, 0) is 45.0 Å². The summed E-state index contributed by atoms with van der Waals surface area (Å²) in [6.07, 6.45) is 1.65. The smallest absolute Gasteiger partial charge is 0.261 e. The maximum Gasteiger partial charge on any atom is 0.261 e. The van der Waals surface area contributed by atoms with E-state index in [2.05, 4.69) is 20.4 Å². The fraction of sp³-hybridized carbons (Fsp3) is 0.312. The minimum absolute atomic E-state index is 0.219. The van der Waals surface area contributed by atoms with E-state index < -0.39 is 5.60 Å². The first-order valence-electron chi connectivity index (χ1n) is 7.24. The second-order valence-electron chi connectivity index (χ2n) is 5.58. The molecule has 3 aromatic rings. The van der Waals surface area contributed by atoms with Crippen molar-refractivity contribution < 1.29 is 14.0 Å². The highest BCUT2D eigenvalue weighted by Gasteiger charge is 2.27. The van der Waals surface area contributed by atoms with Gasteiger partial charge in [-0.15, -0.1) is 0 Å². The zero-order valence-corrected chi connectivity index (χ0v) is 13.2. The molecule has 7 heteroatoms. The summed E-state index contributed by atoms with van der Waals surface area (Å²) < 4.78 is 10.7. The van der Waals surface area contributed by atoms with Crippen molar-refractivity contribution in [3.8, 4) is 11.5 Å². The quantitative estimate of drug-likeness (QED) is 0.747. The first-order chi connectivity index (χ1) is 11.0. The predicted octanol–water partition coefficient (Wildman–Crippen LogP) is 2.66. The molecular weight excluding hydrogens is 296 g/mol. The minimum Gasteiger partial charge on any atom is -0.463 e. The minimum atomic E-state index is -1.17. The Hall–Kier alpha value is -2.67. The molecule has 3 aromatic heterocycles. The second-order valence-corrected chi connectivity index (χ2v) is 5.58. The lowest BCUT2D eigenvalue weighted by atomic mass is 10.0. The number of nitrogens with zero attached hydrogens (tertiary/aromatic N) is 3. The average Bonchev–Trinajstić information content (AvgIpc) is 3.15. The Morgan fingerprint density at radius 2 is 2.09 bits per heavy atom. The Bertz CT molecular complexity index is 807. The van der Waals surface area contributed by atoms with E-state index >= 15 is 0 Å². The molecule has 2 N–H and O–H groups in total. The zero-order chi connectivity index (χ0) is 16.4. The maximum atomic E-state index is 10.6. The van der Waals surface area contributed by atoms with E-state index in [1.54, 1.807) is 32.2 Å². The first-order valence-corrected chi connectivity index (χ1v) is 7.24. The highest BCUT2D eigenvalue weighted by molar-refractivity contribution is 5.68. The Balaban J connectivity index is 1.81. The van der Waals surface area contributed by atoms with Gasteiger partial charge in [0.1, 0.15) is 22.9 Å². The number of anilines is 1. The molecular formula is C16H18N4O3. The lowest BCUT2D eigenvalue weighted by Crippen LogP contribution is -2.30. The van der Waals surface area contributed by atoms with E-state index in [4.69, 9.17) is 8.94 Å².